The van der Waals surface area contributed by atoms with Crippen molar-refractivity contribution < 1.29 is 4.79 Å². The van der Waals surface area contributed by atoms with Crippen LogP contribution in [-0.2, 0) is 11.3 Å². The van der Waals surface area contributed by atoms with Gasteiger partial charge in [0.15, 0.2) is 0 Å². The monoisotopic (exact) mass is 367 g/mol. The third-order valence-electron chi connectivity index (χ3n) is 3.93. The summed E-state index contributed by atoms with van der Waals surface area (Å²) >= 11 is 1.34. The van der Waals surface area contributed by atoms with E-state index in [0.717, 1.165) is 16.8 Å². The SMILES string of the molecule is Cc1ccc(CNC(=O)C(C)Sc2nnnn2-c2cccc(C)c2)cc1. The number of hydrogen-bond acceptors (Lipinski definition) is 5. The Bertz CT molecular complexity index is 891. The number of hydrogen-bond donors (Lipinski definition) is 1. The molecule has 1 atom stereocenters. The van der Waals surface area contributed by atoms with Crippen LogP contribution in [0.15, 0.2) is 53.7 Å². The molecule has 0 aliphatic heterocycles. The van der Waals surface area contributed by atoms with Crippen molar-refractivity contribution >= 4 is 17.7 Å². The van der Waals surface area contributed by atoms with Gasteiger partial charge in [-0.25, -0.2) is 0 Å². The van der Waals surface area contributed by atoms with Crippen molar-refractivity contribution in [2.45, 2.75) is 37.7 Å². The molecule has 0 aliphatic rings. The van der Waals surface area contributed by atoms with Gasteiger partial charge < -0.3 is 5.32 Å². The topological polar surface area (TPSA) is 72.7 Å². The molecule has 3 aromatic rings. The molecule has 6 nitrogen and oxygen atoms in total. The molecule has 0 aliphatic carbocycles. The lowest BCUT2D eigenvalue weighted by Crippen LogP contribution is -2.30. The minimum absolute atomic E-state index is 0.0469. The van der Waals surface area contributed by atoms with Gasteiger partial charge in [-0.1, -0.05) is 53.7 Å². The van der Waals surface area contributed by atoms with Gasteiger partial charge in [0.05, 0.1) is 10.9 Å². The van der Waals surface area contributed by atoms with Gasteiger partial charge in [-0.2, -0.15) is 4.68 Å². The molecule has 1 N–H and O–H groups in total. The predicted octanol–water partition coefficient (Wildman–Crippen LogP) is 3.08. The first-order chi connectivity index (χ1) is 12.5. The number of nitrogens with zero attached hydrogens (tertiary/aromatic N) is 4. The van der Waals surface area contributed by atoms with Gasteiger partial charge in [0.25, 0.3) is 0 Å². The molecule has 2 aromatic carbocycles. The van der Waals surface area contributed by atoms with Crippen molar-refractivity contribution in [3.8, 4) is 5.69 Å². The van der Waals surface area contributed by atoms with Crippen molar-refractivity contribution in [2.75, 3.05) is 0 Å². The van der Waals surface area contributed by atoms with E-state index < -0.39 is 0 Å². The van der Waals surface area contributed by atoms with Gasteiger partial charge in [-0.3, -0.25) is 4.79 Å². The zero-order chi connectivity index (χ0) is 18.5. The third-order valence-corrected chi connectivity index (χ3v) is 4.96. The number of benzene rings is 2. The van der Waals surface area contributed by atoms with E-state index in [9.17, 15) is 4.79 Å². The molecule has 0 fully saturated rings. The number of amides is 1. The second-order valence-corrected chi connectivity index (χ2v) is 7.48. The highest BCUT2D eigenvalue weighted by atomic mass is 32.2. The van der Waals surface area contributed by atoms with E-state index in [1.807, 2.05) is 69.3 Å². The van der Waals surface area contributed by atoms with Crippen LogP contribution in [0.25, 0.3) is 5.69 Å². The summed E-state index contributed by atoms with van der Waals surface area (Å²) in [7, 11) is 0. The Morgan fingerprint density at radius 1 is 1.15 bits per heavy atom. The normalized spacial score (nSPS) is 12.0. The molecular weight excluding hydrogens is 346 g/mol. The molecule has 7 heteroatoms. The Morgan fingerprint density at radius 2 is 1.92 bits per heavy atom. The molecule has 1 amide bonds. The number of tetrazole rings is 1. The van der Waals surface area contributed by atoms with Crippen LogP contribution in [0.5, 0.6) is 0 Å². The van der Waals surface area contributed by atoms with Gasteiger partial charge in [0.2, 0.25) is 11.1 Å². The predicted molar refractivity (Wildman–Crippen MR) is 102 cm³/mol. The maximum atomic E-state index is 12.4. The fourth-order valence-corrected chi connectivity index (χ4v) is 3.26. The highest BCUT2D eigenvalue weighted by Crippen LogP contribution is 2.23. The van der Waals surface area contributed by atoms with Crippen LogP contribution in [0.1, 0.15) is 23.6 Å². The average molecular weight is 367 g/mol. The van der Waals surface area contributed by atoms with Gasteiger partial charge >= 0.3 is 0 Å². The number of thioether (sulfide) groups is 1. The zero-order valence-corrected chi connectivity index (χ0v) is 15.8. The molecule has 0 spiro atoms. The summed E-state index contributed by atoms with van der Waals surface area (Å²) in [5, 5.41) is 15.1. The molecule has 1 aromatic heterocycles. The van der Waals surface area contributed by atoms with Gasteiger partial charge in [0.1, 0.15) is 0 Å². The summed E-state index contributed by atoms with van der Waals surface area (Å²) in [6.07, 6.45) is 0. The minimum atomic E-state index is -0.310. The van der Waals surface area contributed by atoms with Crippen molar-refractivity contribution in [1.82, 2.24) is 25.5 Å². The van der Waals surface area contributed by atoms with E-state index in [2.05, 4.69) is 20.8 Å². The molecule has 0 saturated heterocycles. The van der Waals surface area contributed by atoms with Crippen molar-refractivity contribution in [1.29, 1.82) is 0 Å². The van der Waals surface area contributed by atoms with Crippen molar-refractivity contribution in [3.05, 3.63) is 65.2 Å². The van der Waals surface area contributed by atoms with E-state index in [4.69, 9.17) is 0 Å². The lowest BCUT2D eigenvalue weighted by molar-refractivity contribution is -0.120. The molecule has 0 saturated carbocycles. The fourth-order valence-electron chi connectivity index (χ4n) is 2.42. The lowest BCUT2D eigenvalue weighted by atomic mass is 10.1. The summed E-state index contributed by atoms with van der Waals surface area (Å²) in [6.45, 7) is 6.42. The maximum Gasteiger partial charge on any atom is 0.233 e. The largest absolute Gasteiger partial charge is 0.351 e. The lowest BCUT2D eigenvalue weighted by Gasteiger charge is -2.12. The molecule has 1 heterocycles. The number of rotatable bonds is 6. The molecule has 26 heavy (non-hydrogen) atoms. The van der Waals surface area contributed by atoms with E-state index in [-0.39, 0.29) is 11.2 Å². The molecule has 0 radical (unpaired) electrons. The average Bonchev–Trinajstić information content (AvgIpc) is 3.09. The van der Waals surface area contributed by atoms with E-state index >= 15 is 0 Å². The maximum absolute atomic E-state index is 12.4. The number of aromatic nitrogens is 4. The Hall–Kier alpha value is -2.67. The highest BCUT2D eigenvalue weighted by Gasteiger charge is 2.19. The smallest absolute Gasteiger partial charge is 0.233 e. The summed E-state index contributed by atoms with van der Waals surface area (Å²) in [5.41, 5.74) is 4.28. The van der Waals surface area contributed by atoms with Crippen LogP contribution in [0.4, 0.5) is 0 Å². The second-order valence-electron chi connectivity index (χ2n) is 6.18. The Morgan fingerprint density at radius 3 is 2.65 bits per heavy atom. The first kappa shape index (κ1) is 18.1. The summed E-state index contributed by atoms with van der Waals surface area (Å²) in [5.74, 6) is -0.0469. The van der Waals surface area contributed by atoms with E-state index in [1.165, 1.54) is 17.3 Å². The van der Waals surface area contributed by atoms with Crippen LogP contribution in [-0.4, -0.2) is 31.4 Å². The summed E-state index contributed by atoms with van der Waals surface area (Å²) < 4.78 is 1.65. The van der Waals surface area contributed by atoms with Crippen LogP contribution in [0.2, 0.25) is 0 Å². The van der Waals surface area contributed by atoms with Crippen molar-refractivity contribution in [3.63, 3.8) is 0 Å². The Labute approximate surface area is 157 Å². The number of carbonyl (C=O) groups is 1. The quantitative estimate of drug-likeness (QED) is 0.678. The van der Waals surface area contributed by atoms with Crippen LogP contribution < -0.4 is 5.32 Å². The molecule has 1 unspecified atom stereocenters. The number of carbonyl (C=O) groups excluding carboxylic acids is 1. The van der Waals surface area contributed by atoms with E-state index in [0.29, 0.717) is 11.7 Å². The van der Waals surface area contributed by atoms with E-state index in [1.54, 1.807) is 4.68 Å². The van der Waals surface area contributed by atoms with Gasteiger partial charge in [-0.15, -0.1) is 5.10 Å². The molecule has 134 valence electrons. The first-order valence-electron chi connectivity index (χ1n) is 8.38. The van der Waals surface area contributed by atoms with Crippen LogP contribution >= 0.6 is 11.8 Å². The summed E-state index contributed by atoms with van der Waals surface area (Å²) in [6, 6.07) is 16.0. The fraction of sp³-hybridized carbons (Fsp3) is 0.263. The Balaban J connectivity index is 1.63. The van der Waals surface area contributed by atoms with Crippen molar-refractivity contribution in [2.24, 2.45) is 0 Å². The van der Waals surface area contributed by atoms with Crippen LogP contribution in [0.3, 0.4) is 0 Å². The van der Waals surface area contributed by atoms with Gasteiger partial charge in [-0.05, 0) is 54.5 Å². The number of nitrogens with one attached hydrogen (secondary N) is 1. The first-order valence-corrected chi connectivity index (χ1v) is 9.26. The standard InChI is InChI=1S/C19H21N5OS/c1-13-7-9-16(10-8-13)12-20-18(25)15(3)26-19-21-22-23-24(19)17-6-4-5-14(2)11-17/h4-11,15H,12H2,1-3H3,(H,20,25). The molecule has 3 rings (SSSR count). The van der Waals surface area contributed by atoms with Crippen LogP contribution in [0, 0.1) is 13.8 Å². The molecule has 0 bridgehead atoms. The Kier molecular flexibility index (Phi) is 5.68. The van der Waals surface area contributed by atoms with Gasteiger partial charge in [0, 0.05) is 6.54 Å². The number of aryl methyl sites for hydroxylation is 2. The third kappa shape index (κ3) is 4.49. The minimum Gasteiger partial charge on any atom is -0.351 e. The highest BCUT2D eigenvalue weighted by molar-refractivity contribution is 8.00. The second kappa shape index (κ2) is 8.14. The molecular formula is C19H21N5OS. The summed E-state index contributed by atoms with van der Waals surface area (Å²) in [4.78, 5) is 12.4. The zero-order valence-electron chi connectivity index (χ0n) is 15.0.